The first-order valence-electron chi connectivity index (χ1n) is 7.41. The summed E-state index contributed by atoms with van der Waals surface area (Å²) in [5.74, 6) is 0.454. The van der Waals surface area contributed by atoms with E-state index >= 15 is 0 Å². The molecule has 0 aliphatic carbocycles. The molecule has 0 aliphatic rings. The Morgan fingerprint density at radius 1 is 1.12 bits per heavy atom. The highest BCUT2D eigenvalue weighted by Crippen LogP contribution is 2.35. The molecule has 0 saturated heterocycles. The number of alkyl halides is 3. The molecule has 1 N–H and O–H groups in total. The minimum Gasteiger partial charge on any atom is -0.431 e. The zero-order chi connectivity index (χ0) is 17.2. The Morgan fingerprint density at radius 2 is 1.83 bits per heavy atom. The highest BCUT2D eigenvalue weighted by atomic mass is 32.1. The van der Waals surface area contributed by atoms with Gasteiger partial charge in [0.2, 0.25) is 0 Å². The molecule has 126 valence electrons. The lowest BCUT2D eigenvalue weighted by Gasteiger charge is -2.21. The predicted octanol–water partition coefficient (Wildman–Crippen LogP) is 5.30. The molecule has 1 unspecified atom stereocenters. The number of benzene rings is 2. The van der Waals surface area contributed by atoms with Gasteiger partial charge in [-0.25, -0.2) is 4.98 Å². The minimum atomic E-state index is -4.34. The topological polar surface area (TPSA) is 34.1 Å². The summed E-state index contributed by atoms with van der Waals surface area (Å²) in [5.41, 5.74) is 0.986. The fourth-order valence-corrected chi connectivity index (χ4v) is 3.19. The van der Waals surface area contributed by atoms with Gasteiger partial charge >= 0.3 is 6.18 Å². The summed E-state index contributed by atoms with van der Waals surface area (Å²) in [6.07, 6.45) is -4.34. The van der Waals surface area contributed by atoms with E-state index in [4.69, 9.17) is 4.74 Å². The van der Waals surface area contributed by atoms with E-state index in [0.717, 1.165) is 10.2 Å². The van der Waals surface area contributed by atoms with E-state index in [2.05, 4.69) is 10.3 Å². The Kier molecular flexibility index (Phi) is 4.73. The van der Waals surface area contributed by atoms with Gasteiger partial charge in [0.1, 0.15) is 11.8 Å². The van der Waals surface area contributed by atoms with Crippen LogP contribution in [0.2, 0.25) is 0 Å². The third-order valence-electron chi connectivity index (χ3n) is 3.43. The number of fused-ring (bicyclic) bond motifs is 1. The molecular formula is C17H15F3N2OS. The van der Waals surface area contributed by atoms with Gasteiger partial charge in [0.15, 0.2) is 0 Å². The van der Waals surface area contributed by atoms with Crippen molar-refractivity contribution in [2.45, 2.75) is 19.1 Å². The van der Waals surface area contributed by atoms with Crippen molar-refractivity contribution in [3.8, 4) is 10.9 Å². The number of nitrogens with one attached hydrogen (secondary N) is 1. The number of rotatable bonds is 5. The van der Waals surface area contributed by atoms with Crippen LogP contribution in [0, 0.1) is 0 Å². The summed E-state index contributed by atoms with van der Waals surface area (Å²) < 4.78 is 45.8. The number of para-hydroxylation sites is 1. The number of hydrogen-bond acceptors (Lipinski definition) is 4. The van der Waals surface area contributed by atoms with Crippen LogP contribution in [0.3, 0.4) is 0 Å². The van der Waals surface area contributed by atoms with Crippen molar-refractivity contribution in [1.82, 2.24) is 10.3 Å². The molecule has 0 bridgehead atoms. The molecule has 7 heteroatoms. The van der Waals surface area contributed by atoms with Crippen molar-refractivity contribution in [1.29, 1.82) is 0 Å². The molecule has 24 heavy (non-hydrogen) atoms. The van der Waals surface area contributed by atoms with Crippen LogP contribution in [0.5, 0.6) is 10.9 Å². The molecule has 2 aromatic carbocycles. The molecular weight excluding hydrogens is 337 g/mol. The Labute approximate surface area is 141 Å². The van der Waals surface area contributed by atoms with Crippen LogP contribution in [0.15, 0.2) is 48.5 Å². The van der Waals surface area contributed by atoms with Gasteiger partial charge in [-0.15, -0.1) is 0 Å². The van der Waals surface area contributed by atoms with Crippen LogP contribution < -0.4 is 10.1 Å². The van der Waals surface area contributed by atoms with Crippen molar-refractivity contribution in [3.63, 3.8) is 0 Å². The number of ether oxygens (including phenoxy) is 1. The first kappa shape index (κ1) is 16.7. The largest absolute Gasteiger partial charge is 0.431 e. The lowest BCUT2D eigenvalue weighted by Crippen LogP contribution is -2.33. The summed E-state index contributed by atoms with van der Waals surface area (Å²) in [6.45, 7) is 1.87. The van der Waals surface area contributed by atoms with Crippen LogP contribution in [-0.4, -0.2) is 17.7 Å². The van der Waals surface area contributed by atoms with Gasteiger partial charge in [0.05, 0.1) is 10.2 Å². The van der Waals surface area contributed by atoms with Gasteiger partial charge in [0, 0.05) is 0 Å². The third-order valence-corrected chi connectivity index (χ3v) is 4.34. The van der Waals surface area contributed by atoms with Crippen molar-refractivity contribution in [2.24, 2.45) is 0 Å². The van der Waals surface area contributed by atoms with Crippen LogP contribution in [-0.2, 0) is 0 Å². The molecule has 3 aromatic rings. The van der Waals surface area contributed by atoms with E-state index in [1.54, 1.807) is 6.92 Å². The number of nitrogens with zero attached hydrogens (tertiary/aromatic N) is 1. The van der Waals surface area contributed by atoms with E-state index < -0.39 is 12.2 Å². The molecule has 0 fully saturated rings. The quantitative estimate of drug-likeness (QED) is 0.676. The predicted molar refractivity (Wildman–Crippen MR) is 88.6 cm³/mol. The Hall–Kier alpha value is -2.12. The smallest absolute Gasteiger partial charge is 0.407 e. The third kappa shape index (κ3) is 3.68. The molecule has 0 radical (unpaired) electrons. The second-order valence-corrected chi connectivity index (χ2v) is 6.14. The maximum Gasteiger partial charge on any atom is 0.407 e. The Bertz CT molecular complexity index is 782. The monoisotopic (exact) mass is 352 g/mol. The summed E-state index contributed by atoms with van der Waals surface area (Å²) in [4.78, 5) is 4.34. The summed E-state index contributed by atoms with van der Waals surface area (Å²) in [6, 6.07) is 11.8. The lowest BCUT2D eigenvalue weighted by atomic mass is 10.1. The van der Waals surface area contributed by atoms with Crippen molar-refractivity contribution in [3.05, 3.63) is 54.1 Å². The van der Waals surface area contributed by atoms with E-state index in [1.807, 2.05) is 24.3 Å². The normalized spacial score (nSPS) is 13.2. The molecule has 0 amide bonds. The van der Waals surface area contributed by atoms with Crippen molar-refractivity contribution < 1.29 is 17.9 Å². The maximum absolute atomic E-state index is 13.1. The first-order chi connectivity index (χ1) is 11.5. The van der Waals surface area contributed by atoms with Gasteiger partial charge in [-0.3, -0.25) is 0 Å². The Balaban J connectivity index is 1.78. The molecule has 1 atom stereocenters. The average molecular weight is 352 g/mol. The summed E-state index contributed by atoms with van der Waals surface area (Å²) in [5, 5.41) is 2.91. The van der Waals surface area contributed by atoms with E-state index in [0.29, 0.717) is 10.9 Å². The average Bonchev–Trinajstić information content (AvgIpc) is 2.95. The molecule has 0 spiro atoms. The first-order valence-corrected chi connectivity index (χ1v) is 8.22. The summed E-state index contributed by atoms with van der Waals surface area (Å²) in [7, 11) is 0. The zero-order valence-electron chi connectivity index (χ0n) is 12.8. The standard InChI is InChI=1S/C17H15F3N2OS/c1-2-21-15(17(18,19)20)11-7-9-12(10-8-11)23-16-22-13-5-3-4-6-14(13)24-16/h3-10,15,21H,2H2,1H3. The molecule has 3 nitrogen and oxygen atoms in total. The highest BCUT2D eigenvalue weighted by Gasteiger charge is 2.40. The van der Waals surface area contributed by atoms with Gasteiger partial charge in [-0.1, -0.05) is 42.5 Å². The molecule has 1 aromatic heterocycles. The van der Waals surface area contributed by atoms with Crippen molar-refractivity contribution >= 4 is 21.6 Å². The summed E-state index contributed by atoms with van der Waals surface area (Å²) >= 11 is 1.39. The van der Waals surface area contributed by atoms with E-state index in [1.165, 1.54) is 35.6 Å². The molecule has 0 saturated carbocycles. The lowest BCUT2D eigenvalue weighted by molar-refractivity contribution is -0.157. The number of thiazole rings is 1. The van der Waals surface area contributed by atoms with Crippen LogP contribution in [0.25, 0.3) is 10.2 Å². The maximum atomic E-state index is 13.1. The Morgan fingerprint density at radius 3 is 2.46 bits per heavy atom. The number of halogens is 3. The van der Waals surface area contributed by atoms with Gasteiger partial charge < -0.3 is 10.1 Å². The fourth-order valence-electron chi connectivity index (χ4n) is 2.35. The minimum absolute atomic E-state index is 0.154. The number of aromatic nitrogens is 1. The molecule has 1 heterocycles. The van der Waals surface area contributed by atoms with E-state index in [-0.39, 0.29) is 12.1 Å². The van der Waals surface area contributed by atoms with Crippen molar-refractivity contribution in [2.75, 3.05) is 6.54 Å². The van der Waals surface area contributed by atoms with Crippen LogP contribution in [0.4, 0.5) is 13.2 Å². The van der Waals surface area contributed by atoms with E-state index in [9.17, 15) is 13.2 Å². The van der Waals surface area contributed by atoms with Crippen LogP contribution >= 0.6 is 11.3 Å². The second kappa shape index (κ2) is 6.78. The molecule has 0 aliphatic heterocycles. The zero-order valence-corrected chi connectivity index (χ0v) is 13.6. The number of hydrogen-bond donors (Lipinski definition) is 1. The van der Waals surface area contributed by atoms with Gasteiger partial charge in [0.25, 0.3) is 5.19 Å². The fraction of sp³-hybridized carbons (Fsp3) is 0.235. The van der Waals surface area contributed by atoms with Gasteiger partial charge in [-0.05, 0) is 36.4 Å². The van der Waals surface area contributed by atoms with Gasteiger partial charge in [-0.2, -0.15) is 13.2 Å². The molecule has 3 rings (SSSR count). The highest BCUT2D eigenvalue weighted by molar-refractivity contribution is 7.20. The SMILES string of the molecule is CCNC(c1ccc(Oc2nc3ccccc3s2)cc1)C(F)(F)F. The van der Waals surface area contributed by atoms with Crippen LogP contribution in [0.1, 0.15) is 18.5 Å². The second-order valence-electron chi connectivity index (χ2n) is 5.15.